The van der Waals surface area contributed by atoms with Gasteiger partial charge in [-0.1, -0.05) is 47.9 Å². The molecule has 0 spiro atoms. The van der Waals surface area contributed by atoms with E-state index >= 15 is 0 Å². The van der Waals surface area contributed by atoms with Gasteiger partial charge in [0.05, 0.1) is 21.7 Å². The average molecular weight is 525 g/mol. The number of unbranched alkanes of at least 4 members (excludes halogenated alkanes) is 2. The van der Waals surface area contributed by atoms with Crippen molar-refractivity contribution in [2.45, 2.75) is 37.5 Å². The highest BCUT2D eigenvalue weighted by atomic mass is 35.5. The van der Waals surface area contributed by atoms with Gasteiger partial charge >= 0.3 is 0 Å². The van der Waals surface area contributed by atoms with Gasteiger partial charge in [-0.15, -0.1) is 0 Å². The molecule has 0 saturated carbocycles. The molecule has 4 rings (SSSR count). The van der Waals surface area contributed by atoms with Crippen molar-refractivity contribution in [2.24, 2.45) is 0 Å². The lowest BCUT2D eigenvalue weighted by molar-refractivity contribution is -0.117. The van der Waals surface area contributed by atoms with E-state index in [9.17, 15) is 22.8 Å². The molecule has 1 heterocycles. The number of anilines is 1. The number of hydrogen-bond donors (Lipinski definition) is 0. The number of nitrogens with zero attached hydrogens (tertiary/aromatic N) is 2. The van der Waals surface area contributed by atoms with Crippen molar-refractivity contribution in [3.63, 3.8) is 0 Å². The number of sulfonamides is 1. The maximum absolute atomic E-state index is 13.4. The van der Waals surface area contributed by atoms with E-state index in [-0.39, 0.29) is 35.4 Å². The lowest BCUT2D eigenvalue weighted by Crippen LogP contribution is -2.37. The van der Waals surface area contributed by atoms with E-state index in [1.807, 2.05) is 6.92 Å². The van der Waals surface area contributed by atoms with Gasteiger partial charge in [-0.3, -0.25) is 19.3 Å². The fraction of sp³-hybridized carbons (Fsp3) is 0.222. The van der Waals surface area contributed by atoms with E-state index in [4.69, 9.17) is 11.6 Å². The summed E-state index contributed by atoms with van der Waals surface area (Å²) in [5.41, 5.74) is 1.91. The topological polar surface area (TPSA) is 91.8 Å². The van der Waals surface area contributed by atoms with Crippen LogP contribution in [0.25, 0.3) is 0 Å². The second-order valence-electron chi connectivity index (χ2n) is 8.57. The SMILES string of the molecule is Cc1ccc(S(=O)(=O)N(C(=O)CCCCCN2C(=O)c3ccccc3C2=O)c2ccc(Cl)cc2)cc1. The third kappa shape index (κ3) is 5.20. The summed E-state index contributed by atoms with van der Waals surface area (Å²) in [6.45, 7) is 2.09. The molecule has 0 unspecified atom stereocenters. The zero-order chi connectivity index (χ0) is 25.9. The molecule has 3 aromatic rings. The number of benzene rings is 3. The minimum Gasteiger partial charge on any atom is -0.274 e. The summed E-state index contributed by atoms with van der Waals surface area (Å²) in [5.74, 6) is -1.20. The Labute approximate surface area is 215 Å². The Balaban J connectivity index is 1.41. The minimum atomic E-state index is -4.14. The Morgan fingerprint density at radius 2 is 1.42 bits per heavy atom. The number of aryl methyl sites for hydroxylation is 1. The van der Waals surface area contributed by atoms with Crippen LogP contribution in [0.15, 0.2) is 77.7 Å². The normalized spacial score (nSPS) is 13.1. The number of halogens is 1. The predicted molar refractivity (Wildman–Crippen MR) is 138 cm³/mol. The Morgan fingerprint density at radius 3 is 2.00 bits per heavy atom. The molecular formula is C27H25ClN2O5S. The summed E-state index contributed by atoms with van der Waals surface area (Å²) in [6, 6.07) is 19.1. The van der Waals surface area contributed by atoms with E-state index in [1.165, 1.54) is 41.3 Å². The Hall–Kier alpha value is -3.49. The standard InChI is InChI=1S/C27H25ClN2O5S/c1-19-10-16-22(17-11-19)36(34,35)30(21-14-12-20(28)13-15-21)25(31)9-3-2-6-18-29-26(32)23-7-4-5-8-24(23)27(29)33/h4-5,7-8,10-17H,2-3,6,9,18H2,1H3. The number of amides is 3. The van der Waals surface area contributed by atoms with Crippen LogP contribution in [0.1, 0.15) is 52.0 Å². The number of rotatable bonds is 9. The van der Waals surface area contributed by atoms with Crippen molar-refractivity contribution in [3.8, 4) is 0 Å². The van der Waals surface area contributed by atoms with Gasteiger partial charge < -0.3 is 0 Å². The number of carbonyl (C=O) groups is 3. The van der Waals surface area contributed by atoms with Gasteiger partial charge in [0.15, 0.2) is 0 Å². The third-order valence-corrected chi connectivity index (χ3v) is 8.01. The van der Waals surface area contributed by atoms with Gasteiger partial charge in [-0.25, -0.2) is 12.7 Å². The number of carbonyl (C=O) groups excluding carboxylic acids is 3. The van der Waals surface area contributed by atoms with E-state index in [0.29, 0.717) is 35.4 Å². The van der Waals surface area contributed by atoms with Crippen LogP contribution in [-0.2, 0) is 14.8 Å². The molecule has 0 fully saturated rings. The van der Waals surface area contributed by atoms with Gasteiger partial charge in [-0.05, 0) is 68.3 Å². The summed E-state index contributed by atoms with van der Waals surface area (Å²) in [6.07, 6.45) is 1.42. The second kappa shape index (κ2) is 10.6. The highest BCUT2D eigenvalue weighted by Gasteiger charge is 2.34. The first-order valence-electron chi connectivity index (χ1n) is 11.6. The second-order valence-corrected chi connectivity index (χ2v) is 10.8. The first kappa shape index (κ1) is 25.6. The molecule has 0 atom stereocenters. The molecule has 0 N–H and O–H groups in total. The largest absolute Gasteiger partial charge is 0.274 e. The fourth-order valence-electron chi connectivity index (χ4n) is 4.08. The van der Waals surface area contributed by atoms with E-state index in [1.54, 1.807) is 36.4 Å². The van der Waals surface area contributed by atoms with Crippen LogP contribution in [0.4, 0.5) is 5.69 Å². The molecule has 0 saturated heterocycles. The van der Waals surface area contributed by atoms with Gasteiger partial charge in [-0.2, -0.15) is 0 Å². The zero-order valence-electron chi connectivity index (χ0n) is 19.7. The average Bonchev–Trinajstić information content (AvgIpc) is 3.10. The molecule has 0 bridgehead atoms. The predicted octanol–water partition coefficient (Wildman–Crippen LogP) is 5.23. The number of fused-ring (bicyclic) bond motifs is 1. The summed E-state index contributed by atoms with van der Waals surface area (Å²) in [5, 5.41) is 0.423. The smallest absolute Gasteiger partial charge is 0.270 e. The number of imide groups is 1. The van der Waals surface area contributed by atoms with Gasteiger partial charge in [0.2, 0.25) is 5.91 Å². The van der Waals surface area contributed by atoms with E-state index < -0.39 is 15.9 Å². The molecule has 3 aromatic carbocycles. The summed E-state index contributed by atoms with van der Waals surface area (Å²) in [7, 11) is -4.14. The summed E-state index contributed by atoms with van der Waals surface area (Å²) < 4.78 is 27.6. The molecule has 1 aliphatic rings. The fourth-order valence-corrected chi connectivity index (χ4v) is 5.65. The molecule has 36 heavy (non-hydrogen) atoms. The van der Waals surface area contributed by atoms with E-state index in [2.05, 4.69) is 0 Å². The Kier molecular flexibility index (Phi) is 7.56. The lowest BCUT2D eigenvalue weighted by atomic mass is 10.1. The maximum Gasteiger partial charge on any atom is 0.270 e. The highest BCUT2D eigenvalue weighted by Crippen LogP contribution is 2.27. The van der Waals surface area contributed by atoms with Crippen LogP contribution >= 0.6 is 11.6 Å². The van der Waals surface area contributed by atoms with Crippen molar-refractivity contribution in [2.75, 3.05) is 10.8 Å². The molecular weight excluding hydrogens is 500 g/mol. The van der Waals surface area contributed by atoms with Crippen molar-refractivity contribution in [1.82, 2.24) is 4.90 Å². The van der Waals surface area contributed by atoms with Crippen LogP contribution in [0, 0.1) is 6.92 Å². The first-order chi connectivity index (χ1) is 17.2. The molecule has 0 aliphatic carbocycles. The van der Waals surface area contributed by atoms with E-state index in [0.717, 1.165) is 9.87 Å². The van der Waals surface area contributed by atoms with Crippen LogP contribution in [0.3, 0.4) is 0 Å². The van der Waals surface area contributed by atoms with Gasteiger partial charge in [0.1, 0.15) is 0 Å². The molecule has 3 amide bonds. The van der Waals surface area contributed by atoms with Gasteiger partial charge in [0.25, 0.3) is 21.8 Å². The van der Waals surface area contributed by atoms with Crippen LogP contribution in [-0.4, -0.2) is 37.6 Å². The Bertz CT molecular complexity index is 1370. The monoisotopic (exact) mass is 524 g/mol. The van der Waals surface area contributed by atoms with Crippen LogP contribution in [0.5, 0.6) is 0 Å². The number of hydrogen-bond acceptors (Lipinski definition) is 5. The molecule has 1 aliphatic heterocycles. The van der Waals surface area contributed by atoms with Gasteiger partial charge in [0, 0.05) is 18.0 Å². The maximum atomic E-state index is 13.4. The Morgan fingerprint density at radius 1 is 0.833 bits per heavy atom. The van der Waals surface area contributed by atoms with Crippen molar-refractivity contribution in [1.29, 1.82) is 0 Å². The lowest BCUT2D eigenvalue weighted by Gasteiger charge is -2.23. The molecule has 9 heteroatoms. The van der Waals surface area contributed by atoms with Crippen molar-refractivity contribution in [3.05, 3.63) is 94.5 Å². The zero-order valence-corrected chi connectivity index (χ0v) is 21.3. The molecule has 0 radical (unpaired) electrons. The minimum absolute atomic E-state index is 0.0158. The van der Waals surface area contributed by atoms with Crippen LogP contribution < -0.4 is 4.31 Å². The molecule has 0 aromatic heterocycles. The molecule has 186 valence electrons. The summed E-state index contributed by atoms with van der Waals surface area (Å²) >= 11 is 5.96. The molecule has 7 nitrogen and oxygen atoms in total. The first-order valence-corrected chi connectivity index (χ1v) is 13.4. The van der Waals surface area contributed by atoms with Crippen molar-refractivity contribution < 1.29 is 22.8 Å². The van der Waals surface area contributed by atoms with Crippen molar-refractivity contribution >= 4 is 45.0 Å². The van der Waals surface area contributed by atoms with Crippen LogP contribution in [0.2, 0.25) is 5.02 Å². The summed E-state index contributed by atoms with van der Waals surface area (Å²) in [4.78, 5) is 39.4. The highest BCUT2D eigenvalue weighted by molar-refractivity contribution is 7.93. The quantitative estimate of drug-likeness (QED) is 0.282. The third-order valence-electron chi connectivity index (χ3n) is 6.00.